The smallest absolute Gasteiger partial charge is 0.358 e. The molecular formula is C15H15F3N4O2. The van der Waals surface area contributed by atoms with Crippen molar-refractivity contribution in [1.82, 2.24) is 20.4 Å². The van der Waals surface area contributed by atoms with Crippen molar-refractivity contribution in [2.45, 2.75) is 13.1 Å². The van der Waals surface area contributed by atoms with Crippen LogP contribution in [0.4, 0.5) is 13.2 Å². The van der Waals surface area contributed by atoms with Gasteiger partial charge in [-0.05, 0) is 19.1 Å². The number of aryl methyl sites for hydroxylation is 1. The number of alkyl halides is 3. The molecule has 9 heteroatoms. The number of amides is 2. The van der Waals surface area contributed by atoms with Crippen molar-refractivity contribution in [2.24, 2.45) is 0 Å². The van der Waals surface area contributed by atoms with Crippen LogP contribution in [0.5, 0.6) is 0 Å². The number of nitrogens with one attached hydrogen (secondary N) is 2. The van der Waals surface area contributed by atoms with Crippen molar-refractivity contribution in [3.8, 4) is 5.69 Å². The van der Waals surface area contributed by atoms with Gasteiger partial charge in [-0.1, -0.05) is 17.7 Å². The minimum Gasteiger partial charge on any atom is -0.358 e. The van der Waals surface area contributed by atoms with Crippen LogP contribution in [0.3, 0.4) is 0 Å². The number of rotatable bonds is 4. The zero-order valence-corrected chi connectivity index (χ0v) is 12.9. The fraction of sp³-hybridized carbons (Fsp3) is 0.267. The number of halogens is 3. The summed E-state index contributed by atoms with van der Waals surface area (Å²) in [4.78, 5) is 23.1. The van der Waals surface area contributed by atoms with Crippen molar-refractivity contribution in [3.63, 3.8) is 0 Å². The molecule has 2 amide bonds. The van der Waals surface area contributed by atoms with Gasteiger partial charge in [0.05, 0.1) is 24.0 Å². The molecule has 1 aromatic heterocycles. The summed E-state index contributed by atoms with van der Waals surface area (Å²) in [5.41, 5.74) is -0.783. The molecule has 0 saturated carbocycles. The molecule has 0 aliphatic rings. The van der Waals surface area contributed by atoms with Gasteiger partial charge in [0, 0.05) is 7.05 Å². The van der Waals surface area contributed by atoms with Gasteiger partial charge in [-0.25, -0.2) is 4.68 Å². The zero-order chi connectivity index (χ0) is 17.9. The second-order valence-corrected chi connectivity index (χ2v) is 5.01. The number of likely N-dealkylation sites (N-methyl/N-ethyl adjacent to an activating group) is 1. The third kappa shape index (κ3) is 3.73. The minimum atomic E-state index is -4.79. The average molecular weight is 340 g/mol. The summed E-state index contributed by atoms with van der Waals surface area (Å²) in [6, 6.07) is 6.23. The maximum Gasteiger partial charge on any atom is 0.434 e. The van der Waals surface area contributed by atoms with Gasteiger partial charge in [0.25, 0.3) is 5.91 Å². The Kier molecular flexibility index (Phi) is 4.91. The van der Waals surface area contributed by atoms with Gasteiger partial charge >= 0.3 is 6.18 Å². The van der Waals surface area contributed by atoms with Crippen LogP contribution in [0, 0.1) is 6.92 Å². The summed E-state index contributed by atoms with van der Waals surface area (Å²) in [6.45, 7) is 1.37. The lowest BCUT2D eigenvalue weighted by atomic mass is 10.2. The molecule has 0 bridgehead atoms. The van der Waals surface area contributed by atoms with E-state index in [2.05, 4.69) is 15.7 Å². The largest absolute Gasteiger partial charge is 0.434 e. The molecule has 0 atom stereocenters. The second kappa shape index (κ2) is 6.73. The number of hydrogen-bond acceptors (Lipinski definition) is 3. The van der Waals surface area contributed by atoms with Crippen LogP contribution >= 0.6 is 0 Å². The molecule has 24 heavy (non-hydrogen) atoms. The second-order valence-electron chi connectivity index (χ2n) is 5.01. The van der Waals surface area contributed by atoms with E-state index in [4.69, 9.17) is 0 Å². The zero-order valence-electron chi connectivity index (χ0n) is 12.9. The summed E-state index contributed by atoms with van der Waals surface area (Å²) >= 11 is 0. The number of nitrogens with zero attached hydrogens (tertiary/aromatic N) is 2. The van der Waals surface area contributed by atoms with Gasteiger partial charge in [0.15, 0.2) is 5.69 Å². The number of benzene rings is 1. The molecular weight excluding hydrogens is 325 g/mol. The van der Waals surface area contributed by atoms with Crippen LogP contribution in [0.25, 0.3) is 5.69 Å². The fourth-order valence-corrected chi connectivity index (χ4v) is 2.01. The van der Waals surface area contributed by atoms with Gasteiger partial charge in [0.2, 0.25) is 5.91 Å². The monoisotopic (exact) mass is 340 g/mol. The topological polar surface area (TPSA) is 76.0 Å². The van der Waals surface area contributed by atoms with E-state index >= 15 is 0 Å². The number of aromatic nitrogens is 2. The fourth-order valence-electron chi connectivity index (χ4n) is 2.01. The van der Waals surface area contributed by atoms with Gasteiger partial charge < -0.3 is 10.6 Å². The highest BCUT2D eigenvalue weighted by Gasteiger charge is 2.40. The number of carbonyl (C=O) groups excluding carboxylic acids is 2. The Balaban J connectivity index is 2.41. The standard InChI is InChI=1S/C15H15F3N4O2/c1-9-3-5-10(6-4-9)22-13(15(16,17)18)11(7-21-22)14(24)20-8-12(23)19-2/h3-7H,8H2,1-2H3,(H,19,23)(H,20,24). The molecule has 0 aliphatic carbocycles. The van der Waals surface area contributed by atoms with E-state index < -0.39 is 35.8 Å². The molecule has 1 heterocycles. The first-order chi connectivity index (χ1) is 11.2. The van der Waals surface area contributed by atoms with Crippen molar-refractivity contribution >= 4 is 11.8 Å². The van der Waals surface area contributed by atoms with Gasteiger partial charge in [0.1, 0.15) is 0 Å². The number of carbonyl (C=O) groups is 2. The molecule has 2 aromatic rings. The molecule has 1 aromatic carbocycles. The molecule has 0 aliphatic heterocycles. The van der Waals surface area contributed by atoms with E-state index in [1.807, 2.05) is 0 Å². The highest BCUT2D eigenvalue weighted by molar-refractivity contribution is 5.97. The van der Waals surface area contributed by atoms with Crippen LogP contribution in [0.2, 0.25) is 0 Å². The summed E-state index contributed by atoms with van der Waals surface area (Å²) in [5.74, 6) is -1.55. The first-order valence-corrected chi connectivity index (χ1v) is 6.95. The van der Waals surface area contributed by atoms with Crippen molar-refractivity contribution in [1.29, 1.82) is 0 Å². The van der Waals surface area contributed by atoms with Gasteiger partial charge in [-0.3, -0.25) is 9.59 Å². The lowest BCUT2D eigenvalue weighted by Crippen LogP contribution is -2.35. The highest BCUT2D eigenvalue weighted by Crippen LogP contribution is 2.33. The Morgan fingerprint density at radius 3 is 2.38 bits per heavy atom. The van der Waals surface area contributed by atoms with Crippen LogP contribution in [-0.4, -0.2) is 35.2 Å². The molecule has 0 radical (unpaired) electrons. The molecule has 0 saturated heterocycles. The van der Waals surface area contributed by atoms with Crippen LogP contribution in [-0.2, 0) is 11.0 Å². The third-order valence-electron chi connectivity index (χ3n) is 3.25. The third-order valence-corrected chi connectivity index (χ3v) is 3.25. The lowest BCUT2D eigenvalue weighted by Gasteiger charge is -2.13. The molecule has 2 rings (SSSR count). The van der Waals surface area contributed by atoms with E-state index in [1.54, 1.807) is 19.1 Å². The molecule has 0 fully saturated rings. The summed E-state index contributed by atoms with van der Waals surface area (Å²) in [5, 5.41) is 8.07. The average Bonchev–Trinajstić information content (AvgIpc) is 2.98. The normalized spacial score (nSPS) is 11.2. The van der Waals surface area contributed by atoms with Crippen molar-refractivity contribution < 1.29 is 22.8 Å². The molecule has 0 unspecified atom stereocenters. The van der Waals surface area contributed by atoms with Crippen LogP contribution in [0.1, 0.15) is 21.6 Å². The molecule has 6 nitrogen and oxygen atoms in total. The summed E-state index contributed by atoms with van der Waals surface area (Å²) in [6.07, 6.45) is -3.96. The predicted molar refractivity (Wildman–Crippen MR) is 79.7 cm³/mol. The van der Waals surface area contributed by atoms with E-state index in [0.717, 1.165) is 11.8 Å². The van der Waals surface area contributed by atoms with Crippen LogP contribution < -0.4 is 10.6 Å². The maximum atomic E-state index is 13.4. The first-order valence-electron chi connectivity index (χ1n) is 6.95. The highest BCUT2D eigenvalue weighted by atomic mass is 19.4. The van der Waals surface area contributed by atoms with E-state index in [1.165, 1.54) is 19.2 Å². The van der Waals surface area contributed by atoms with Crippen molar-refractivity contribution in [2.75, 3.05) is 13.6 Å². The Hall–Kier alpha value is -2.84. The Labute approximate surface area is 135 Å². The van der Waals surface area contributed by atoms with E-state index in [9.17, 15) is 22.8 Å². The molecule has 0 spiro atoms. The maximum absolute atomic E-state index is 13.4. The predicted octanol–water partition coefficient (Wildman–Crippen LogP) is 1.68. The summed E-state index contributed by atoms with van der Waals surface area (Å²) in [7, 11) is 1.35. The van der Waals surface area contributed by atoms with E-state index in [-0.39, 0.29) is 5.69 Å². The quantitative estimate of drug-likeness (QED) is 0.889. The summed E-state index contributed by atoms with van der Waals surface area (Å²) < 4.78 is 40.9. The Morgan fingerprint density at radius 1 is 1.21 bits per heavy atom. The lowest BCUT2D eigenvalue weighted by molar-refractivity contribution is -0.143. The SMILES string of the molecule is CNC(=O)CNC(=O)c1cnn(-c2ccc(C)cc2)c1C(F)(F)F. The first kappa shape index (κ1) is 17.5. The van der Waals surface area contributed by atoms with Gasteiger partial charge in [-0.15, -0.1) is 0 Å². The van der Waals surface area contributed by atoms with E-state index in [0.29, 0.717) is 4.68 Å². The Morgan fingerprint density at radius 2 is 1.83 bits per heavy atom. The number of hydrogen-bond donors (Lipinski definition) is 2. The van der Waals surface area contributed by atoms with Crippen molar-refractivity contribution in [3.05, 3.63) is 47.3 Å². The van der Waals surface area contributed by atoms with Crippen LogP contribution in [0.15, 0.2) is 30.5 Å². The molecule has 128 valence electrons. The van der Waals surface area contributed by atoms with Gasteiger partial charge in [-0.2, -0.15) is 18.3 Å². The Bertz CT molecular complexity index is 751. The minimum absolute atomic E-state index is 0.179. The molecule has 2 N–H and O–H groups in total.